The second kappa shape index (κ2) is 8.61. The van der Waals surface area contributed by atoms with Crippen molar-refractivity contribution in [2.45, 2.75) is 39.0 Å². The minimum absolute atomic E-state index is 0.462. The normalized spacial score (nSPS) is 17.3. The molecule has 5 nitrogen and oxygen atoms in total. The maximum Gasteiger partial charge on any atom is 0.191 e. The molecule has 1 fully saturated rings. The Morgan fingerprint density at radius 2 is 2.18 bits per heavy atom. The van der Waals surface area contributed by atoms with Gasteiger partial charge in [-0.2, -0.15) is 0 Å². The molecule has 1 aliphatic rings. The zero-order chi connectivity index (χ0) is 15.7. The molecule has 0 bridgehead atoms. The van der Waals surface area contributed by atoms with Gasteiger partial charge in [0, 0.05) is 19.8 Å². The number of rotatable bonds is 7. The Morgan fingerprint density at radius 1 is 1.36 bits per heavy atom. The van der Waals surface area contributed by atoms with Gasteiger partial charge >= 0.3 is 0 Å². The Kier molecular flexibility index (Phi) is 6.49. The fourth-order valence-electron chi connectivity index (χ4n) is 3.04. The first kappa shape index (κ1) is 16.6. The van der Waals surface area contributed by atoms with Gasteiger partial charge in [0.1, 0.15) is 12.4 Å². The highest BCUT2D eigenvalue weighted by Gasteiger charge is 2.31. The molecule has 0 unspecified atom stereocenters. The summed E-state index contributed by atoms with van der Waals surface area (Å²) >= 11 is 0. The molecule has 1 aromatic rings. The van der Waals surface area contributed by atoms with Crippen molar-refractivity contribution in [3.05, 3.63) is 24.5 Å². The van der Waals surface area contributed by atoms with Crippen LogP contribution in [-0.2, 0) is 0 Å². The van der Waals surface area contributed by atoms with Crippen LogP contribution in [0.25, 0.3) is 0 Å². The molecule has 2 N–H and O–H groups in total. The van der Waals surface area contributed by atoms with Gasteiger partial charge in [0.15, 0.2) is 5.96 Å². The van der Waals surface area contributed by atoms with Crippen molar-refractivity contribution in [2.24, 2.45) is 10.4 Å². The molecule has 1 aliphatic carbocycles. The third-order valence-corrected chi connectivity index (χ3v) is 4.57. The van der Waals surface area contributed by atoms with Gasteiger partial charge in [0.2, 0.25) is 0 Å². The largest absolute Gasteiger partial charge is 0.490 e. The third kappa shape index (κ3) is 4.90. The number of aromatic nitrogens is 1. The molecule has 0 aromatic carbocycles. The lowest BCUT2D eigenvalue weighted by atomic mass is 9.83. The first-order valence-electron chi connectivity index (χ1n) is 8.25. The number of guanidine groups is 1. The van der Waals surface area contributed by atoms with Crippen molar-refractivity contribution in [3.63, 3.8) is 0 Å². The number of hydrogen-bond donors (Lipinski definition) is 2. The summed E-state index contributed by atoms with van der Waals surface area (Å²) in [7, 11) is 1.81. The van der Waals surface area contributed by atoms with Gasteiger partial charge in [-0.15, -0.1) is 0 Å². The lowest BCUT2D eigenvalue weighted by Crippen LogP contribution is -2.44. The van der Waals surface area contributed by atoms with E-state index in [0.717, 1.165) is 18.3 Å². The fourth-order valence-corrected chi connectivity index (χ4v) is 3.04. The number of aliphatic imine (C=N–C) groups is 1. The van der Waals surface area contributed by atoms with Crippen LogP contribution >= 0.6 is 0 Å². The number of pyridine rings is 1. The Hall–Kier alpha value is -1.78. The quantitative estimate of drug-likeness (QED) is 0.462. The van der Waals surface area contributed by atoms with Gasteiger partial charge in [-0.05, 0) is 36.8 Å². The molecule has 0 saturated heterocycles. The standard InChI is InChI=1S/C17H28N4O/c1-3-17(8-4-5-9-17)14-21-16(18-2)20-11-12-22-15-7-6-10-19-13-15/h6-7,10,13H,3-5,8-9,11-12,14H2,1-2H3,(H2,18,20,21). The lowest BCUT2D eigenvalue weighted by molar-refractivity contribution is 0.282. The predicted octanol–water partition coefficient (Wildman–Crippen LogP) is 2.60. The summed E-state index contributed by atoms with van der Waals surface area (Å²) in [4.78, 5) is 8.31. The highest BCUT2D eigenvalue weighted by atomic mass is 16.5. The van der Waals surface area contributed by atoms with Crippen molar-refractivity contribution in [1.82, 2.24) is 15.6 Å². The Morgan fingerprint density at radius 3 is 2.82 bits per heavy atom. The van der Waals surface area contributed by atoms with E-state index in [4.69, 9.17) is 4.74 Å². The molecule has 1 heterocycles. The van der Waals surface area contributed by atoms with E-state index in [9.17, 15) is 0 Å². The highest BCUT2D eigenvalue weighted by Crippen LogP contribution is 2.40. The Labute approximate surface area is 133 Å². The minimum atomic E-state index is 0.462. The molecule has 5 heteroatoms. The molecule has 0 spiro atoms. The van der Waals surface area contributed by atoms with E-state index in [2.05, 4.69) is 27.5 Å². The van der Waals surface area contributed by atoms with Crippen molar-refractivity contribution >= 4 is 5.96 Å². The average Bonchev–Trinajstić information content (AvgIpc) is 3.05. The van der Waals surface area contributed by atoms with Gasteiger partial charge < -0.3 is 15.4 Å². The first-order chi connectivity index (χ1) is 10.8. The summed E-state index contributed by atoms with van der Waals surface area (Å²) in [5.41, 5.74) is 0.462. The van der Waals surface area contributed by atoms with Crippen LogP contribution in [-0.4, -0.2) is 37.7 Å². The van der Waals surface area contributed by atoms with E-state index in [1.54, 1.807) is 12.4 Å². The zero-order valence-corrected chi connectivity index (χ0v) is 13.8. The second-order valence-corrected chi connectivity index (χ2v) is 5.95. The maximum atomic E-state index is 5.61. The fraction of sp³-hybridized carbons (Fsp3) is 0.647. The SMILES string of the molecule is CCC1(CNC(=NC)NCCOc2cccnc2)CCCC1. The van der Waals surface area contributed by atoms with Gasteiger partial charge in [-0.3, -0.25) is 9.98 Å². The van der Waals surface area contributed by atoms with Crippen LogP contribution in [0.4, 0.5) is 0 Å². The van der Waals surface area contributed by atoms with Gasteiger partial charge in [0.05, 0.1) is 12.7 Å². The van der Waals surface area contributed by atoms with Gasteiger partial charge in [-0.1, -0.05) is 19.8 Å². The van der Waals surface area contributed by atoms with Crippen LogP contribution in [0.3, 0.4) is 0 Å². The summed E-state index contributed by atoms with van der Waals surface area (Å²) in [5, 5.41) is 6.77. The van der Waals surface area contributed by atoms with Gasteiger partial charge in [-0.25, -0.2) is 0 Å². The highest BCUT2D eigenvalue weighted by molar-refractivity contribution is 5.79. The second-order valence-electron chi connectivity index (χ2n) is 5.95. The number of nitrogens with zero attached hydrogens (tertiary/aromatic N) is 2. The van der Waals surface area contributed by atoms with E-state index in [0.29, 0.717) is 18.6 Å². The Balaban J connectivity index is 1.67. The summed E-state index contributed by atoms with van der Waals surface area (Å²) < 4.78 is 5.61. The molecule has 2 rings (SSSR count). The van der Waals surface area contributed by atoms with Crippen LogP contribution in [0.2, 0.25) is 0 Å². The van der Waals surface area contributed by atoms with E-state index in [-0.39, 0.29) is 0 Å². The topological polar surface area (TPSA) is 58.5 Å². The van der Waals surface area contributed by atoms with Crippen LogP contribution in [0.15, 0.2) is 29.5 Å². The molecule has 22 heavy (non-hydrogen) atoms. The monoisotopic (exact) mass is 304 g/mol. The predicted molar refractivity (Wildman–Crippen MR) is 90.3 cm³/mol. The molecule has 122 valence electrons. The summed E-state index contributed by atoms with van der Waals surface area (Å²) in [6.07, 6.45) is 10.1. The maximum absolute atomic E-state index is 5.61. The first-order valence-corrected chi connectivity index (χ1v) is 8.25. The van der Waals surface area contributed by atoms with Crippen LogP contribution < -0.4 is 15.4 Å². The van der Waals surface area contributed by atoms with Gasteiger partial charge in [0.25, 0.3) is 0 Å². The van der Waals surface area contributed by atoms with Crippen molar-refractivity contribution in [3.8, 4) is 5.75 Å². The van der Waals surface area contributed by atoms with Crippen molar-refractivity contribution in [1.29, 1.82) is 0 Å². The molecule has 0 amide bonds. The van der Waals surface area contributed by atoms with E-state index < -0.39 is 0 Å². The molecule has 0 radical (unpaired) electrons. The third-order valence-electron chi connectivity index (χ3n) is 4.57. The van der Waals surface area contributed by atoms with Crippen molar-refractivity contribution in [2.75, 3.05) is 26.7 Å². The van der Waals surface area contributed by atoms with Crippen molar-refractivity contribution < 1.29 is 4.74 Å². The molecular weight excluding hydrogens is 276 g/mol. The summed E-state index contributed by atoms with van der Waals surface area (Å²) in [5.74, 6) is 1.65. The number of nitrogens with one attached hydrogen (secondary N) is 2. The lowest BCUT2D eigenvalue weighted by Gasteiger charge is -2.28. The van der Waals surface area contributed by atoms with E-state index in [1.807, 2.05) is 19.2 Å². The van der Waals surface area contributed by atoms with E-state index >= 15 is 0 Å². The zero-order valence-electron chi connectivity index (χ0n) is 13.8. The van der Waals surface area contributed by atoms with Crippen LogP contribution in [0.1, 0.15) is 39.0 Å². The average molecular weight is 304 g/mol. The molecule has 1 saturated carbocycles. The molecule has 0 aliphatic heterocycles. The number of ether oxygens (including phenoxy) is 1. The summed E-state index contributed by atoms with van der Waals surface area (Å²) in [6.45, 7) is 4.61. The minimum Gasteiger partial charge on any atom is -0.490 e. The van der Waals surface area contributed by atoms with Crippen LogP contribution in [0.5, 0.6) is 5.75 Å². The smallest absolute Gasteiger partial charge is 0.191 e. The molecule has 0 atom stereocenters. The number of hydrogen-bond acceptors (Lipinski definition) is 3. The van der Waals surface area contributed by atoms with Crippen LogP contribution in [0, 0.1) is 5.41 Å². The van der Waals surface area contributed by atoms with E-state index in [1.165, 1.54) is 32.1 Å². The summed E-state index contributed by atoms with van der Waals surface area (Å²) in [6, 6.07) is 3.78. The molecule has 1 aromatic heterocycles. The molecular formula is C17H28N4O. The Bertz CT molecular complexity index is 455.